The van der Waals surface area contributed by atoms with Crippen LogP contribution in [-0.4, -0.2) is 72.3 Å². The van der Waals surface area contributed by atoms with E-state index >= 15 is 0 Å². The smallest absolute Gasteiger partial charge is 0.226 e. The minimum absolute atomic E-state index is 0.117. The van der Waals surface area contributed by atoms with E-state index in [2.05, 4.69) is 64.4 Å². The highest BCUT2D eigenvalue weighted by Crippen LogP contribution is 2.29. The summed E-state index contributed by atoms with van der Waals surface area (Å²) in [5, 5.41) is 0.612. The maximum Gasteiger partial charge on any atom is 0.226 e. The van der Waals surface area contributed by atoms with Crippen LogP contribution in [0.2, 0.25) is 5.02 Å². The van der Waals surface area contributed by atoms with E-state index in [1.807, 2.05) is 41.0 Å². The number of carbonyl (C=O) groups is 2. The highest BCUT2D eigenvalue weighted by atomic mass is 35.5. The lowest BCUT2D eigenvalue weighted by atomic mass is 9.92. The first-order valence-electron chi connectivity index (χ1n) is 16.9. The fourth-order valence-electron chi connectivity index (χ4n) is 6.70. The molecule has 0 radical (unpaired) electrons. The van der Waals surface area contributed by atoms with E-state index in [4.69, 9.17) is 11.6 Å². The number of hydrogen-bond acceptors (Lipinski definition) is 4. The van der Waals surface area contributed by atoms with Crippen molar-refractivity contribution < 1.29 is 9.59 Å². The fraction of sp³-hybridized carbons (Fsp3) is 0.474. The van der Waals surface area contributed by atoms with Gasteiger partial charge in [-0.2, -0.15) is 0 Å². The molecule has 3 aromatic rings. The molecule has 1 saturated heterocycles. The monoisotopic (exact) mass is 628 g/mol. The first-order chi connectivity index (χ1) is 22.0. The summed E-state index contributed by atoms with van der Waals surface area (Å²) in [6.07, 6.45) is 5.89. The topological polar surface area (TPSA) is 47.1 Å². The standard InChI is InChI=1S/C38H49ClN4O2/c1-2-10-37(44)43-21-9-20-41(29-33-13-7-4-8-14-33)25-26-42(30-34-15-16-35(39)28-36(34)43)38(45)27-32-18-23-40(24-19-32)22-17-31-11-5-3-6-12-31/h3-8,11-16,28,32H,2,9-10,17-27,29-30H2,1H3. The summed E-state index contributed by atoms with van der Waals surface area (Å²) in [6, 6.07) is 27.0. The summed E-state index contributed by atoms with van der Waals surface area (Å²) in [4.78, 5) is 36.4. The Morgan fingerprint density at radius 2 is 1.49 bits per heavy atom. The van der Waals surface area contributed by atoms with Crippen LogP contribution in [-0.2, 0) is 29.1 Å². The predicted octanol–water partition coefficient (Wildman–Crippen LogP) is 7.05. The molecule has 2 amide bonds. The maximum absolute atomic E-state index is 14.1. The van der Waals surface area contributed by atoms with Gasteiger partial charge in [0.2, 0.25) is 11.8 Å². The minimum Gasteiger partial charge on any atom is -0.337 e. The van der Waals surface area contributed by atoms with Crippen LogP contribution in [0.15, 0.2) is 78.9 Å². The molecule has 7 heteroatoms. The fourth-order valence-corrected chi connectivity index (χ4v) is 6.86. The highest BCUT2D eigenvalue weighted by Gasteiger charge is 2.27. The zero-order chi connectivity index (χ0) is 31.4. The van der Waals surface area contributed by atoms with E-state index in [9.17, 15) is 9.59 Å². The van der Waals surface area contributed by atoms with Crippen molar-refractivity contribution in [1.82, 2.24) is 14.7 Å². The van der Waals surface area contributed by atoms with E-state index in [0.717, 1.165) is 82.6 Å². The zero-order valence-electron chi connectivity index (χ0n) is 26.9. The molecule has 6 nitrogen and oxygen atoms in total. The number of hydrogen-bond donors (Lipinski definition) is 0. The van der Waals surface area contributed by atoms with Gasteiger partial charge < -0.3 is 14.7 Å². The lowest BCUT2D eigenvalue weighted by Gasteiger charge is -2.33. The minimum atomic E-state index is 0.117. The lowest BCUT2D eigenvalue weighted by molar-refractivity contribution is -0.133. The van der Waals surface area contributed by atoms with Gasteiger partial charge in [-0.1, -0.05) is 85.3 Å². The van der Waals surface area contributed by atoms with Crippen LogP contribution < -0.4 is 4.90 Å². The highest BCUT2D eigenvalue weighted by molar-refractivity contribution is 6.31. The molecule has 0 spiro atoms. The van der Waals surface area contributed by atoms with Crippen molar-refractivity contribution in [2.24, 2.45) is 5.92 Å². The lowest BCUT2D eigenvalue weighted by Crippen LogP contribution is -2.41. The molecule has 0 aliphatic carbocycles. The molecule has 0 aromatic heterocycles. The van der Waals surface area contributed by atoms with Crippen molar-refractivity contribution in [2.75, 3.05) is 50.7 Å². The van der Waals surface area contributed by atoms with Crippen molar-refractivity contribution >= 4 is 29.1 Å². The number of fused-ring (bicyclic) bond motifs is 1. The van der Waals surface area contributed by atoms with Gasteiger partial charge in [0.15, 0.2) is 0 Å². The van der Waals surface area contributed by atoms with Crippen molar-refractivity contribution in [3.8, 4) is 0 Å². The van der Waals surface area contributed by atoms with Gasteiger partial charge >= 0.3 is 0 Å². The molecule has 5 rings (SSSR count). The van der Waals surface area contributed by atoms with Gasteiger partial charge in [0, 0.05) is 63.7 Å². The Labute approximate surface area is 274 Å². The number of halogens is 1. The molecule has 240 valence electrons. The van der Waals surface area contributed by atoms with Crippen LogP contribution in [0.4, 0.5) is 5.69 Å². The van der Waals surface area contributed by atoms with Gasteiger partial charge in [-0.3, -0.25) is 14.5 Å². The number of amides is 2. The van der Waals surface area contributed by atoms with Crippen LogP contribution >= 0.6 is 11.6 Å². The normalized spacial score (nSPS) is 17.5. The van der Waals surface area contributed by atoms with Gasteiger partial charge in [0.05, 0.1) is 5.69 Å². The van der Waals surface area contributed by atoms with E-state index in [1.54, 1.807) is 0 Å². The molecule has 0 unspecified atom stereocenters. The number of rotatable bonds is 9. The number of likely N-dealkylation sites (tertiary alicyclic amines) is 1. The number of carbonyl (C=O) groups excluding carboxylic acids is 2. The molecule has 2 heterocycles. The van der Waals surface area contributed by atoms with Gasteiger partial charge in [-0.25, -0.2) is 0 Å². The van der Waals surface area contributed by atoms with E-state index < -0.39 is 0 Å². The number of benzene rings is 3. The molecular formula is C38H49ClN4O2. The average Bonchev–Trinajstić information content (AvgIpc) is 3.09. The second-order valence-corrected chi connectivity index (χ2v) is 13.2. The third-order valence-corrected chi connectivity index (χ3v) is 9.57. The van der Waals surface area contributed by atoms with Gasteiger partial charge in [0.25, 0.3) is 0 Å². The van der Waals surface area contributed by atoms with Crippen molar-refractivity contribution in [1.29, 1.82) is 0 Å². The molecule has 45 heavy (non-hydrogen) atoms. The molecule has 3 aromatic carbocycles. The third-order valence-electron chi connectivity index (χ3n) is 9.34. The summed E-state index contributed by atoms with van der Waals surface area (Å²) in [7, 11) is 0. The Morgan fingerprint density at radius 3 is 2.20 bits per heavy atom. The van der Waals surface area contributed by atoms with Crippen molar-refractivity contribution in [3.63, 3.8) is 0 Å². The predicted molar refractivity (Wildman–Crippen MR) is 184 cm³/mol. The largest absolute Gasteiger partial charge is 0.337 e. The van der Waals surface area contributed by atoms with Crippen LogP contribution in [0, 0.1) is 5.92 Å². The Balaban J connectivity index is 1.29. The number of piperidine rings is 1. The van der Waals surface area contributed by atoms with Crippen LogP contribution in [0.3, 0.4) is 0 Å². The Morgan fingerprint density at radius 1 is 0.778 bits per heavy atom. The zero-order valence-corrected chi connectivity index (χ0v) is 27.6. The Hall–Kier alpha value is -3.19. The second kappa shape index (κ2) is 16.9. The second-order valence-electron chi connectivity index (χ2n) is 12.7. The Kier molecular flexibility index (Phi) is 12.5. The van der Waals surface area contributed by atoms with E-state index in [-0.39, 0.29) is 11.8 Å². The van der Waals surface area contributed by atoms with Crippen molar-refractivity contribution in [2.45, 2.75) is 65.0 Å². The third kappa shape index (κ3) is 9.90. The molecule has 0 bridgehead atoms. The Bertz CT molecular complexity index is 1360. The molecule has 2 aliphatic rings. The van der Waals surface area contributed by atoms with E-state index in [0.29, 0.717) is 43.4 Å². The van der Waals surface area contributed by atoms with Gasteiger partial charge in [0.1, 0.15) is 0 Å². The SMILES string of the molecule is CCCC(=O)N1CCCN(Cc2ccccc2)CCN(C(=O)CC2CCN(CCc3ccccc3)CC2)Cc2ccc(Cl)cc21. The summed E-state index contributed by atoms with van der Waals surface area (Å²) in [6.45, 7) is 9.45. The number of anilines is 1. The molecule has 2 aliphatic heterocycles. The van der Waals surface area contributed by atoms with Gasteiger partial charge in [-0.15, -0.1) is 0 Å². The van der Waals surface area contributed by atoms with Crippen LogP contribution in [0.25, 0.3) is 0 Å². The maximum atomic E-state index is 14.1. The first-order valence-corrected chi connectivity index (χ1v) is 17.3. The van der Waals surface area contributed by atoms with Crippen LogP contribution in [0.1, 0.15) is 62.1 Å². The summed E-state index contributed by atoms with van der Waals surface area (Å²) < 4.78 is 0. The van der Waals surface area contributed by atoms with Gasteiger partial charge in [-0.05, 0) is 79.9 Å². The first kappa shape index (κ1) is 33.2. The molecule has 0 atom stereocenters. The number of nitrogens with zero attached hydrogens (tertiary/aromatic N) is 4. The molecular weight excluding hydrogens is 580 g/mol. The summed E-state index contributed by atoms with van der Waals surface area (Å²) >= 11 is 6.50. The van der Waals surface area contributed by atoms with Crippen molar-refractivity contribution in [3.05, 3.63) is 101 Å². The quantitative estimate of drug-likeness (QED) is 0.255. The summed E-state index contributed by atoms with van der Waals surface area (Å²) in [5.74, 6) is 0.729. The van der Waals surface area contributed by atoms with Crippen LogP contribution in [0.5, 0.6) is 0 Å². The summed E-state index contributed by atoms with van der Waals surface area (Å²) in [5.41, 5.74) is 4.48. The molecule has 0 N–H and O–H groups in total. The molecule has 0 saturated carbocycles. The van der Waals surface area contributed by atoms with E-state index in [1.165, 1.54) is 11.1 Å². The average molecular weight is 629 g/mol. The molecule has 1 fully saturated rings.